The summed E-state index contributed by atoms with van der Waals surface area (Å²) < 4.78 is 13.6. The van der Waals surface area contributed by atoms with E-state index < -0.39 is 64.3 Å². The molecule has 0 fully saturated rings. The molecule has 724 valence electrons. The van der Waals surface area contributed by atoms with Crippen LogP contribution in [-0.2, 0) is 25.7 Å². The van der Waals surface area contributed by atoms with Crippen molar-refractivity contribution in [1.29, 1.82) is 0 Å². The molecule has 143 heavy (non-hydrogen) atoms. The summed E-state index contributed by atoms with van der Waals surface area (Å²) >= 11 is 2.98. The van der Waals surface area contributed by atoms with E-state index in [-0.39, 0.29) is 111 Å². The van der Waals surface area contributed by atoms with Crippen molar-refractivity contribution in [1.82, 2.24) is 39.9 Å². The number of carbonyl (C=O) groups excluding carboxylic acids is 4. The van der Waals surface area contributed by atoms with Crippen LogP contribution in [-0.4, -0.2) is 180 Å². The van der Waals surface area contributed by atoms with Crippen molar-refractivity contribution in [2.45, 2.75) is 66.7 Å². The van der Waals surface area contributed by atoms with Crippen LogP contribution < -0.4 is 0 Å². The van der Waals surface area contributed by atoms with Crippen LogP contribution >= 0.6 is 45.3 Å². The van der Waals surface area contributed by atoms with E-state index in [1.54, 1.807) is 55.4 Å². The van der Waals surface area contributed by atoms with Crippen LogP contribution in [0.4, 0.5) is 4.39 Å². The standard InChI is InChI=1S/C28H24N2O5S.C27H21FN2O5S.C27H22N2O6S.C27H24N2O5S/c1-14(13-31)10-11-16-6-5-8-17-19(12-29-23(16)17)24(32)27-25(33)22(26(36-27)28(34)35)21-15(2)30-20-9-4-3-7-18(20)21;1-13(12-31)5-6-14-3-2-4-17-19(11-30-22(14)17)23(32)26-24(33)21(25(36-26)27(34)35)18-10-29-20-9-15(28)7-8-16(18)20;1-13(12-30)5-6-14-3-2-4-16-19(11-29-22(14)16)23(32)26-24(33)21(25(36-26)27(34)35)18-10-28-20-8-7-15(31)9-17(18)20;1-14(13-30)9-10-15-5-4-7-17-19(12-29-22(15)17)23(31)26-24(32)21(25(35-26)27(33)34)18-11-28-20-8-3-2-6-16(18)20/h3-10,12,29-31,33H,11,13H2,1-2H3,(H,34,35);2-5,7-11,29-31,33H,6,12H2,1H3,(H,34,35);2-5,7-11,28-31,33H,6,12H2,1H3,(H,34,35);2-8,11-12,14,28-30,32H,9-10,13H2,1H3,(H,33,34)/b14-10-;2*13-5+;. The Morgan fingerprint density at radius 3 is 1.08 bits per heavy atom. The van der Waals surface area contributed by atoms with Crippen molar-refractivity contribution < 1.29 is 109 Å². The van der Waals surface area contributed by atoms with Gasteiger partial charge in [0.1, 0.15) is 73.6 Å². The van der Waals surface area contributed by atoms with Gasteiger partial charge in [0, 0.05) is 187 Å². The van der Waals surface area contributed by atoms with Crippen molar-refractivity contribution in [2.75, 3.05) is 26.4 Å². The molecule has 0 spiro atoms. The molecule has 1 atom stereocenters. The Bertz CT molecular complexity index is 8610. The van der Waals surface area contributed by atoms with Gasteiger partial charge in [0.25, 0.3) is 0 Å². The third-order valence-corrected chi connectivity index (χ3v) is 29.8. The number of rotatable bonds is 29. The Kier molecular flexibility index (Phi) is 28.2. The summed E-state index contributed by atoms with van der Waals surface area (Å²) in [5, 5.41) is 136. The number of aryl methyl sites for hydroxylation is 2. The summed E-state index contributed by atoms with van der Waals surface area (Å²) in [7, 11) is 0. The van der Waals surface area contributed by atoms with Gasteiger partial charge in [-0.2, -0.15) is 0 Å². The lowest BCUT2D eigenvalue weighted by Crippen LogP contribution is -2.02. The number of hydrogen-bond donors (Lipinski definition) is 21. The Balaban J connectivity index is 0.000000131. The molecule has 20 rings (SSSR count). The molecule has 0 aliphatic heterocycles. The van der Waals surface area contributed by atoms with E-state index >= 15 is 0 Å². The fourth-order valence-electron chi connectivity index (χ4n) is 17.8. The lowest BCUT2D eigenvalue weighted by molar-refractivity contribution is 0.0691. The first-order valence-corrected chi connectivity index (χ1v) is 48.1. The van der Waals surface area contributed by atoms with Crippen LogP contribution in [0.15, 0.2) is 236 Å². The van der Waals surface area contributed by atoms with Gasteiger partial charge in [-0.1, -0.05) is 151 Å². The molecule has 0 bridgehead atoms. The van der Waals surface area contributed by atoms with E-state index in [0.29, 0.717) is 135 Å². The van der Waals surface area contributed by atoms with Crippen LogP contribution in [0.2, 0.25) is 0 Å². The number of aromatic carboxylic acids is 4. The van der Waals surface area contributed by atoms with Gasteiger partial charge in [0.2, 0.25) is 23.1 Å². The predicted molar refractivity (Wildman–Crippen MR) is 552 cm³/mol. The summed E-state index contributed by atoms with van der Waals surface area (Å²) in [4.78, 5) is 127. The number of carboxylic acid groups (broad SMARTS) is 4. The second kappa shape index (κ2) is 41.1. The average molecular weight is 2000 g/mol. The lowest BCUT2D eigenvalue weighted by Gasteiger charge is -2.08. The minimum atomic E-state index is -1.28. The van der Waals surface area contributed by atoms with Gasteiger partial charge < -0.3 is 106 Å². The zero-order chi connectivity index (χ0) is 101. The number of nitrogens with one attached hydrogen (secondary N) is 8. The number of phenols is 1. The van der Waals surface area contributed by atoms with Crippen molar-refractivity contribution in [3.05, 3.63) is 331 Å². The van der Waals surface area contributed by atoms with E-state index in [2.05, 4.69) is 39.9 Å². The number of benzene rings is 8. The Morgan fingerprint density at radius 2 is 0.678 bits per heavy atom. The maximum atomic E-state index is 13.7. The van der Waals surface area contributed by atoms with E-state index in [9.17, 15) is 109 Å². The third kappa shape index (κ3) is 18.8. The van der Waals surface area contributed by atoms with Gasteiger partial charge in [0.15, 0.2) is 0 Å². The quantitative estimate of drug-likeness (QED) is 0.0153. The number of carboxylic acids is 4. The zero-order valence-electron chi connectivity index (χ0n) is 76.8. The summed E-state index contributed by atoms with van der Waals surface area (Å²) in [6.07, 6.45) is 20.0. The van der Waals surface area contributed by atoms with Crippen LogP contribution in [0.25, 0.3) is 132 Å². The maximum absolute atomic E-state index is 13.7. The molecular weight excluding hydrogens is 1900 g/mol. The smallest absolute Gasteiger partial charge is 0.346 e. The average Bonchev–Trinajstić information content (AvgIpc) is 1.61. The number of halogens is 1. The molecular formula is C109H91FN8O21S4. The van der Waals surface area contributed by atoms with Crippen LogP contribution in [0, 0.1) is 18.7 Å². The summed E-state index contributed by atoms with van der Waals surface area (Å²) in [6.45, 7) is 9.31. The number of aliphatic hydroxyl groups is 4. The number of allylic oxidation sites excluding steroid dienone is 3. The summed E-state index contributed by atoms with van der Waals surface area (Å²) in [5.74, 6) is -8.68. The second-order valence-electron chi connectivity index (χ2n) is 34.4. The highest BCUT2D eigenvalue weighted by atomic mass is 32.1. The third-order valence-electron chi connectivity index (χ3n) is 25.1. The van der Waals surface area contributed by atoms with Gasteiger partial charge in [0.05, 0.1) is 42.1 Å². The van der Waals surface area contributed by atoms with Crippen LogP contribution in [0.3, 0.4) is 0 Å². The molecule has 0 aliphatic rings. The molecule has 0 aliphatic carbocycles. The first-order chi connectivity index (χ1) is 68.8. The van der Waals surface area contributed by atoms with Gasteiger partial charge in [-0.25, -0.2) is 23.6 Å². The van der Waals surface area contributed by atoms with Crippen molar-refractivity contribution in [3.63, 3.8) is 0 Å². The molecule has 20 aromatic rings. The maximum Gasteiger partial charge on any atom is 0.346 e. The van der Waals surface area contributed by atoms with Crippen molar-refractivity contribution in [3.8, 4) is 73.3 Å². The molecule has 8 aromatic carbocycles. The number of aromatic nitrogens is 8. The number of hydrogen-bond acceptors (Lipinski definition) is 21. The van der Waals surface area contributed by atoms with E-state index in [0.717, 1.165) is 118 Å². The molecule has 0 radical (unpaired) electrons. The minimum absolute atomic E-state index is 0.00938. The number of aromatic hydroxyl groups is 5. The van der Waals surface area contributed by atoms with Crippen molar-refractivity contribution >= 4 is 180 Å². The van der Waals surface area contributed by atoms with Crippen molar-refractivity contribution in [2.24, 2.45) is 5.92 Å². The molecule has 21 N–H and O–H groups in total. The number of phenolic OH excluding ortho intramolecular Hbond substituents is 1. The Labute approximate surface area is 826 Å². The van der Waals surface area contributed by atoms with Crippen LogP contribution in [0.5, 0.6) is 28.7 Å². The van der Waals surface area contributed by atoms with Gasteiger partial charge in [-0.3, -0.25) is 19.2 Å². The molecule has 12 aromatic heterocycles. The molecule has 0 saturated carbocycles. The number of para-hydroxylation sites is 6. The topological polar surface area (TPSA) is 526 Å². The second-order valence-corrected chi connectivity index (χ2v) is 38.5. The normalized spacial score (nSPS) is 12.1. The number of aromatic amines is 8. The molecule has 29 nitrogen and oxygen atoms in total. The largest absolute Gasteiger partial charge is 0.508 e. The van der Waals surface area contributed by atoms with E-state index in [1.807, 2.05) is 162 Å². The van der Waals surface area contributed by atoms with Crippen LogP contribution in [0.1, 0.15) is 162 Å². The fraction of sp³-hybridized carbons (Fsp3) is 0.138. The molecule has 12 heterocycles. The van der Waals surface area contributed by atoms with Gasteiger partial charge >= 0.3 is 23.9 Å². The number of ketones is 4. The highest BCUT2D eigenvalue weighted by Gasteiger charge is 2.37. The molecule has 34 heteroatoms. The fourth-order valence-corrected chi connectivity index (χ4v) is 21.8. The number of aliphatic hydroxyl groups excluding tert-OH is 4. The summed E-state index contributed by atoms with van der Waals surface area (Å²) in [6, 6.07) is 45.8. The number of fused-ring (bicyclic) bond motifs is 8. The first kappa shape index (κ1) is 98.1. The SMILES string of the molecule is C/C(=C/Cc1cccc2c(C(=O)c3sc(C(=O)O)c(-c4c(C)[nH]c5ccccc45)c3O)c[nH]c12)CO.C/C(=C\Cc1cccc2c(C(=O)c3sc(C(=O)O)c(-c4c[nH]c5cc(F)ccc45)c3O)c[nH]c12)CO.C/C(=C\Cc1cccc2c(C(=O)c3sc(C(=O)O)c(-c4c[nH]c5ccc(O)cc45)c3O)c[nH]c12)CO.CC(CO)CCc1cccc2c(C(=O)c3sc(C(=O)O)c(-c4c[nH]c5ccccc45)c3O)c[nH]c12. The highest BCUT2D eigenvalue weighted by molar-refractivity contribution is 7.18. The number of H-pyrrole nitrogens is 8. The minimum Gasteiger partial charge on any atom is -0.508 e. The van der Waals surface area contributed by atoms with Gasteiger partial charge in [-0.15, -0.1) is 45.3 Å². The first-order valence-electron chi connectivity index (χ1n) is 44.8. The lowest BCUT2D eigenvalue weighted by atomic mass is 9.98. The molecule has 1 unspecified atom stereocenters. The number of thiophene rings is 4. The Morgan fingerprint density at radius 1 is 0.343 bits per heavy atom. The molecule has 0 saturated heterocycles. The Hall–Kier alpha value is -16.6. The monoisotopic (exact) mass is 1990 g/mol. The van der Waals surface area contributed by atoms with Gasteiger partial charge in [-0.05, 0) is 137 Å². The van der Waals surface area contributed by atoms with E-state index in [1.165, 1.54) is 36.5 Å². The summed E-state index contributed by atoms with van der Waals surface area (Å²) in [5.41, 5.74) is 16.4. The molecule has 0 amide bonds. The van der Waals surface area contributed by atoms with E-state index in [4.69, 9.17) is 0 Å². The number of carbonyl (C=O) groups is 8. The highest BCUT2D eigenvalue weighted by Crippen LogP contribution is 2.52. The predicted octanol–water partition coefficient (Wildman–Crippen LogP) is 22.2. The zero-order valence-corrected chi connectivity index (χ0v) is 80.1.